The molecule has 4 heteroatoms. The topological polar surface area (TPSA) is 28.2 Å². The summed E-state index contributed by atoms with van der Waals surface area (Å²) in [4.78, 5) is 7.02. The van der Waals surface area contributed by atoms with Gasteiger partial charge in [0, 0.05) is 24.2 Å². The molecule has 1 saturated heterocycles. The van der Waals surface area contributed by atoms with Crippen LogP contribution in [0.2, 0.25) is 0 Å². The predicted molar refractivity (Wildman–Crippen MR) is 78.0 cm³/mol. The summed E-state index contributed by atoms with van der Waals surface area (Å²) in [7, 11) is 0. The summed E-state index contributed by atoms with van der Waals surface area (Å²) in [6.07, 6.45) is 4.62. The van der Waals surface area contributed by atoms with Crippen molar-refractivity contribution in [3.05, 3.63) is 16.6 Å². The van der Waals surface area contributed by atoms with Crippen LogP contribution in [0.1, 0.15) is 44.7 Å². The number of rotatable bonds is 6. The van der Waals surface area contributed by atoms with Crippen molar-refractivity contribution in [1.29, 1.82) is 0 Å². The molecule has 0 radical (unpaired) electrons. The molecule has 2 unspecified atom stereocenters. The van der Waals surface area contributed by atoms with Gasteiger partial charge in [-0.25, -0.2) is 4.98 Å². The molecule has 1 aromatic rings. The van der Waals surface area contributed by atoms with Crippen molar-refractivity contribution in [1.82, 2.24) is 15.2 Å². The van der Waals surface area contributed by atoms with Gasteiger partial charge in [0.2, 0.25) is 0 Å². The van der Waals surface area contributed by atoms with Crippen LogP contribution < -0.4 is 5.32 Å². The van der Waals surface area contributed by atoms with Crippen LogP contribution >= 0.6 is 11.3 Å². The van der Waals surface area contributed by atoms with E-state index in [0.717, 1.165) is 6.54 Å². The monoisotopic (exact) mass is 267 g/mol. The molecule has 1 aliphatic rings. The largest absolute Gasteiger partial charge is 0.307 e. The van der Waals surface area contributed by atoms with Crippen LogP contribution in [0.3, 0.4) is 0 Å². The van der Waals surface area contributed by atoms with Gasteiger partial charge in [-0.3, -0.25) is 4.90 Å². The second-order valence-electron chi connectivity index (χ2n) is 5.55. The zero-order valence-corrected chi connectivity index (χ0v) is 12.5. The van der Waals surface area contributed by atoms with E-state index in [1.807, 2.05) is 11.6 Å². The highest BCUT2D eigenvalue weighted by Crippen LogP contribution is 2.19. The van der Waals surface area contributed by atoms with Crippen LogP contribution in [0.25, 0.3) is 0 Å². The smallest absolute Gasteiger partial charge is 0.109 e. The summed E-state index contributed by atoms with van der Waals surface area (Å²) in [6, 6.07) is 1.03. The molecule has 2 rings (SSSR count). The Hall–Kier alpha value is -0.450. The second-order valence-corrected chi connectivity index (χ2v) is 6.48. The van der Waals surface area contributed by atoms with Crippen molar-refractivity contribution < 1.29 is 0 Å². The van der Waals surface area contributed by atoms with Gasteiger partial charge in [-0.1, -0.05) is 13.8 Å². The Morgan fingerprint density at radius 3 is 2.61 bits per heavy atom. The maximum absolute atomic E-state index is 4.38. The van der Waals surface area contributed by atoms with E-state index in [2.05, 4.69) is 36.0 Å². The van der Waals surface area contributed by atoms with Crippen LogP contribution in [0.5, 0.6) is 0 Å². The molecule has 1 N–H and O–H groups in total. The number of nitrogens with one attached hydrogen (secondary N) is 1. The molecule has 0 aliphatic carbocycles. The van der Waals surface area contributed by atoms with Gasteiger partial charge in [-0.15, -0.1) is 11.3 Å². The Morgan fingerprint density at radius 1 is 1.33 bits per heavy atom. The molecular weight excluding hydrogens is 242 g/mol. The normalized spacial score (nSPS) is 20.4. The van der Waals surface area contributed by atoms with Crippen LogP contribution in [0.4, 0.5) is 0 Å². The lowest BCUT2D eigenvalue weighted by Crippen LogP contribution is -2.44. The number of nitrogens with zero attached hydrogens (tertiary/aromatic N) is 2. The second kappa shape index (κ2) is 6.64. The van der Waals surface area contributed by atoms with E-state index >= 15 is 0 Å². The Balaban J connectivity index is 1.85. The molecule has 0 bridgehead atoms. The van der Waals surface area contributed by atoms with Crippen molar-refractivity contribution >= 4 is 11.3 Å². The van der Waals surface area contributed by atoms with E-state index in [1.54, 1.807) is 11.3 Å². The minimum atomic E-state index is 0.369. The highest BCUT2D eigenvalue weighted by atomic mass is 32.1. The zero-order valence-electron chi connectivity index (χ0n) is 11.7. The first-order valence-corrected chi connectivity index (χ1v) is 7.93. The molecule has 0 aromatic carbocycles. The van der Waals surface area contributed by atoms with Crippen molar-refractivity contribution in [2.24, 2.45) is 5.92 Å². The predicted octanol–water partition coefficient (Wildman–Crippen LogP) is 2.91. The van der Waals surface area contributed by atoms with E-state index in [9.17, 15) is 0 Å². The fourth-order valence-electron chi connectivity index (χ4n) is 2.69. The lowest BCUT2D eigenvalue weighted by Gasteiger charge is -2.32. The van der Waals surface area contributed by atoms with Gasteiger partial charge in [0.05, 0.1) is 6.04 Å². The lowest BCUT2D eigenvalue weighted by molar-refractivity contribution is 0.183. The maximum atomic E-state index is 4.38. The SMILES string of the molecule is CC(NCC(C(C)C)N1CCCC1)c1nccs1. The third kappa shape index (κ3) is 3.53. The molecule has 1 aliphatic heterocycles. The average Bonchev–Trinajstić information content (AvgIpc) is 3.01. The Morgan fingerprint density at radius 2 is 2.06 bits per heavy atom. The molecule has 1 fully saturated rings. The van der Waals surface area contributed by atoms with Crippen LogP contribution in [-0.2, 0) is 0 Å². The molecular formula is C14H25N3S. The average molecular weight is 267 g/mol. The molecule has 0 amide bonds. The first-order chi connectivity index (χ1) is 8.68. The first kappa shape index (κ1) is 14.0. The third-order valence-electron chi connectivity index (χ3n) is 3.83. The Bertz CT molecular complexity index is 331. The molecule has 0 saturated carbocycles. The van der Waals surface area contributed by atoms with Crippen LogP contribution in [-0.4, -0.2) is 35.6 Å². The van der Waals surface area contributed by atoms with Crippen LogP contribution in [0.15, 0.2) is 11.6 Å². The zero-order chi connectivity index (χ0) is 13.0. The van der Waals surface area contributed by atoms with E-state index < -0.39 is 0 Å². The summed E-state index contributed by atoms with van der Waals surface area (Å²) in [6.45, 7) is 10.5. The van der Waals surface area contributed by atoms with Gasteiger partial charge in [0.1, 0.15) is 5.01 Å². The summed E-state index contributed by atoms with van der Waals surface area (Å²) in [5.74, 6) is 0.707. The fraction of sp³-hybridized carbons (Fsp3) is 0.786. The maximum Gasteiger partial charge on any atom is 0.109 e. The summed E-state index contributed by atoms with van der Waals surface area (Å²) >= 11 is 1.74. The lowest BCUT2D eigenvalue weighted by atomic mass is 10.0. The fourth-order valence-corrected chi connectivity index (χ4v) is 3.36. The number of thiazole rings is 1. The van der Waals surface area contributed by atoms with Gasteiger partial charge in [0.15, 0.2) is 0 Å². The third-order valence-corrected chi connectivity index (χ3v) is 4.79. The van der Waals surface area contributed by atoms with E-state index in [-0.39, 0.29) is 0 Å². The van der Waals surface area contributed by atoms with Crippen molar-refractivity contribution in [2.75, 3.05) is 19.6 Å². The van der Waals surface area contributed by atoms with Crippen molar-refractivity contribution in [3.8, 4) is 0 Å². The summed E-state index contributed by atoms with van der Waals surface area (Å²) in [5, 5.41) is 6.89. The van der Waals surface area contributed by atoms with Gasteiger partial charge < -0.3 is 5.32 Å². The van der Waals surface area contributed by atoms with Crippen molar-refractivity contribution in [3.63, 3.8) is 0 Å². The van der Waals surface area contributed by atoms with Gasteiger partial charge in [-0.05, 0) is 38.8 Å². The van der Waals surface area contributed by atoms with Crippen molar-refractivity contribution in [2.45, 2.75) is 45.7 Å². The number of hydrogen-bond donors (Lipinski definition) is 1. The molecule has 3 nitrogen and oxygen atoms in total. The van der Waals surface area contributed by atoms with Gasteiger partial charge in [0.25, 0.3) is 0 Å². The molecule has 1 aromatic heterocycles. The van der Waals surface area contributed by atoms with E-state index in [1.165, 1.54) is 30.9 Å². The van der Waals surface area contributed by atoms with Gasteiger partial charge in [-0.2, -0.15) is 0 Å². The molecule has 2 heterocycles. The quantitative estimate of drug-likeness (QED) is 0.859. The molecule has 18 heavy (non-hydrogen) atoms. The number of hydrogen-bond acceptors (Lipinski definition) is 4. The van der Waals surface area contributed by atoms with Crippen LogP contribution in [0, 0.1) is 5.92 Å². The number of likely N-dealkylation sites (tertiary alicyclic amines) is 1. The first-order valence-electron chi connectivity index (χ1n) is 7.05. The minimum Gasteiger partial charge on any atom is -0.307 e. The molecule has 0 spiro atoms. The highest BCUT2D eigenvalue weighted by molar-refractivity contribution is 7.09. The Kier molecular flexibility index (Phi) is 5.15. The molecule has 2 atom stereocenters. The number of aromatic nitrogens is 1. The van der Waals surface area contributed by atoms with Gasteiger partial charge >= 0.3 is 0 Å². The van der Waals surface area contributed by atoms with E-state index in [4.69, 9.17) is 0 Å². The molecule has 102 valence electrons. The minimum absolute atomic E-state index is 0.369. The summed E-state index contributed by atoms with van der Waals surface area (Å²) in [5.41, 5.74) is 0. The standard InChI is InChI=1S/C14H25N3S/c1-11(2)13(17-7-4-5-8-17)10-16-12(3)14-15-6-9-18-14/h6,9,11-13,16H,4-5,7-8,10H2,1-3H3. The highest BCUT2D eigenvalue weighted by Gasteiger charge is 2.24. The summed E-state index contributed by atoms with van der Waals surface area (Å²) < 4.78 is 0. The van der Waals surface area contributed by atoms with E-state index in [0.29, 0.717) is 18.0 Å². The Labute approximate surface area is 115 Å².